The molecule has 1 aromatic heterocycles. The van der Waals surface area contributed by atoms with Crippen molar-refractivity contribution in [3.63, 3.8) is 0 Å². The summed E-state index contributed by atoms with van der Waals surface area (Å²) in [5, 5.41) is 4.76. The number of benzene rings is 1. The van der Waals surface area contributed by atoms with E-state index >= 15 is 0 Å². The number of hydrogen-bond donors (Lipinski definition) is 1. The molecule has 172 valence electrons. The molecule has 0 aliphatic carbocycles. The number of halogens is 3. The van der Waals surface area contributed by atoms with Gasteiger partial charge in [0.05, 0.1) is 22.9 Å². The van der Waals surface area contributed by atoms with E-state index in [0.29, 0.717) is 17.3 Å². The maximum Gasteiger partial charge on any atom is 0.413 e. The Hall–Kier alpha value is -2.48. The highest BCUT2D eigenvalue weighted by Crippen LogP contribution is 2.42. The number of furan rings is 1. The molecule has 3 rings (SSSR count). The lowest BCUT2D eigenvalue weighted by atomic mass is 9.89. The normalized spacial score (nSPS) is 21.3. The summed E-state index contributed by atoms with van der Waals surface area (Å²) in [5.74, 6) is -0.452. The molecule has 32 heavy (non-hydrogen) atoms. The molecule has 8 heteroatoms. The zero-order chi connectivity index (χ0) is 23.3. The molecule has 0 saturated carbocycles. The van der Waals surface area contributed by atoms with E-state index in [0.717, 1.165) is 41.3 Å². The Kier molecular flexibility index (Phi) is 7.87. The van der Waals surface area contributed by atoms with E-state index in [1.807, 2.05) is 31.2 Å². The fraction of sp³-hybridized carbons (Fsp3) is 0.417. The van der Waals surface area contributed by atoms with Crippen LogP contribution >= 0.6 is 11.8 Å². The first-order chi connectivity index (χ1) is 15.2. The number of hydrogen-bond acceptors (Lipinski definition) is 4. The quantitative estimate of drug-likeness (QED) is 0.468. The number of aryl methyl sites for hydroxylation is 1. The second kappa shape index (κ2) is 10.4. The summed E-state index contributed by atoms with van der Waals surface area (Å²) in [7, 11) is 0. The van der Waals surface area contributed by atoms with Gasteiger partial charge in [0.25, 0.3) is 0 Å². The van der Waals surface area contributed by atoms with Crippen molar-refractivity contribution in [3.8, 4) is 0 Å². The van der Waals surface area contributed by atoms with Gasteiger partial charge in [-0.05, 0) is 54.5 Å². The van der Waals surface area contributed by atoms with E-state index in [-0.39, 0.29) is 17.7 Å². The Labute approximate surface area is 190 Å². The number of nitrogens with one attached hydrogen (secondary N) is 1. The lowest BCUT2D eigenvalue weighted by molar-refractivity contribution is -0.122. The average Bonchev–Trinajstić information content (AvgIpc) is 3.27. The topological polar surface area (TPSA) is 54.6 Å². The predicted molar refractivity (Wildman–Crippen MR) is 122 cm³/mol. The van der Waals surface area contributed by atoms with Crippen molar-refractivity contribution in [1.82, 2.24) is 5.32 Å². The summed E-state index contributed by atoms with van der Waals surface area (Å²) in [6.45, 7) is 5.75. The van der Waals surface area contributed by atoms with E-state index in [1.54, 1.807) is 32.2 Å². The molecule has 1 aromatic carbocycles. The Morgan fingerprint density at radius 3 is 2.53 bits per heavy atom. The molecule has 2 aromatic rings. The number of carbonyl (C=O) groups is 1. The van der Waals surface area contributed by atoms with E-state index in [9.17, 15) is 18.0 Å². The number of aliphatic imine (C=N–C) groups is 1. The number of allylic oxidation sites excluding steroid dienone is 1. The third-order valence-corrected chi connectivity index (χ3v) is 6.85. The summed E-state index contributed by atoms with van der Waals surface area (Å²) in [5.41, 5.74) is 1.01. The van der Waals surface area contributed by atoms with Crippen LogP contribution in [0.3, 0.4) is 0 Å². The van der Waals surface area contributed by atoms with Crippen LogP contribution < -0.4 is 5.32 Å². The molecule has 4 nitrogen and oxygen atoms in total. The van der Waals surface area contributed by atoms with Crippen LogP contribution in [0.2, 0.25) is 0 Å². The van der Waals surface area contributed by atoms with Crippen LogP contribution in [0.1, 0.15) is 44.4 Å². The highest BCUT2D eigenvalue weighted by molar-refractivity contribution is 8.16. The van der Waals surface area contributed by atoms with Crippen molar-refractivity contribution in [3.05, 3.63) is 65.0 Å². The highest BCUT2D eigenvalue weighted by Gasteiger charge is 2.42. The molecule has 0 radical (unpaired) electrons. The average molecular weight is 465 g/mol. The summed E-state index contributed by atoms with van der Waals surface area (Å²) in [6.07, 6.45) is -1.12. The number of thioether (sulfide) groups is 1. The first-order valence-electron chi connectivity index (χ1n) is 10.6. The van der Waals surface area contributed by atoms with E-state index < -0.39 is 17.7 Å². The van der Waals surface area contributed by atoms with Crippen molar-refractivity contribution in [2.24, 2.45) is 16.8 Å². The highest BCUT2D eigenvalue weighted by atomic mass is 32.2. The van der Waals surface area contributed by atoms with Crippen molar-refractivity contribution < 1.29 is 22.4 Å². The van der Waals surface area contributed by atoms with Gasteiger partial charge in [-0.25, -0.2) is 4.99 Å². The molecule has 1 aliphatic rings. The summed E-state index contributed by atoms with van der Waals surface area (Å²) < 4.78 is 44.6. The maximum atomic E-state index is 13.1. The van der Waals surface area contributed by atoms with Gasteiger partial charge in [0.15, 0.2) is 0 Å². The molecule has 0 spiro atoms. The third kappa shape index (κ3) is 6.06. The summed E-state index contributed by atoms with van der Waals surface area (Å²) in [6, 6.07) is 11.0. The molecule has 1 amide bonds. The standard InChI is InChI=1S/C24H27F3N2O2S/c1-15-16(2)23(32-14-21(15)24(25,26)27)29-19-10-8-18(9-11-19)17(3)22(30)28-12-4-6-20-7-5-13-31-20/h5,7-11,13-17H,4,6,12H2,1-3H3,(H,28,30). The Bertz CT molecular complexity index is 966. The molecule has 1 aliphatic heterocycles. The van der Waals surface area contributed by atoms with Crippen LogP contribution in [0.25, 0.3) is 0 Å². The summed E-state index contributed by atoms with van der Waals surface area (Å²) in [4.78, 5) is 17.0. The number of nitrogens with zero attached hydrogens (tertiary/aromatic N) is 1. The van der Waals surface area contributed by atoms with Crippen LogP contribution in [0.4, 0.5) is 18.9 Å². The second-order valence-corrected chi connectivity index (χ2v) is 8.89. The van der Waals surface area contributed by atoms with Gasteiger partial charge in [-0.1, -0.05) is 37.7 Å². The van der Waals surface area contributed by atoms with E-state index in [1.165, 1.54) is 0 Å². The Morgan fingerprint density at radius 1 is 1.19 bits per heavy atom. The van der Waals surface area contributed by atoms with Crippen LogP contribution in [-0.2, 0) is 11.2 Å². The summed E-state index contributed by atoms with van der Waals surface area (Å²) >= 11 is 1.03. The molecule has 3 unspecified atom stereocenters. The lowest BCUT2D eigenvalue weighted by Gasteiger charge is -2.29. The molecule has 0 fully saturated rings. The fourth-order valence-corrected chi connectivity index (χ4v) is 4.65. The smallest absolute Gasteiger partial charge is 0.413 e. The van der Waals surface area contributed by atoms with Crippen molar-refractivity contribution in [2.45, 2.75) is 45.7 Å². The van der Waals surface area contributed by atoms with Gasteiger partial charge in [0.1, 0.15) is 5.76 Å². The van der Waals surface area contributed by atoms with Gasteiger partial charge >= 0.3 is 6.18 Å². The first kappa shape index (κ1) is 24.2. The molecule has 3 atom stereocenters. The zero-order valence-corrected chi connectivity index (χ0v) is 19.1. The van der Waals surface area contributed by atoms with Gasteiger partial charge in [-0.3, -0.25) is 4.79 Å². The van der Waals surface area contributed by atoms with Crippen molar-refractivity contribution in [2.75, 3.05) is 6.54 Å². The SMILES string of the molecule is CC(C(=O)NCCCc1ccco1)c1ccc(N=C2SC=C(C(F)(F)F)C(C)C2C)cc1. The largest absolute Gasteiger partial charge is 0.469 e. The Morgan fingerprint density at radius 2 is 1.91 bits per heavy atom. The minimum absolute atomic E-state index is 0.0568. The minimum Gasteiger partial charge on any atom is -0.469 e. The van der Waals surface area contributed by atoms with Gasteiger partial charge in [-0.2, -0.15) is 13.2 Å². The number of rotatable bonds is 7. The minimum atomic E-state index is -4.32. The molecule has 0 saturated heterocycles. The molecule has 2 heterocycles. The maximum absolute atomic E-state index is 13.1. The van der Waals surface area contributed by atoms with Crippen LogP contribution in [-0.4, -0.2) is 23.7 Å². The van der Waals surface area contributed by atoms with Crippen molar-refractivity contribution in [1.29, 1.82) is 0 Å². The zero-order valence-electron chi connectivity index (χ0n) is 18.3. The fourth-order valence-electron chi connectivity index (χ4n) is 3.47. The van der Waals surface area contributed by atoms with Crippen molar-refractivity contribution >= 4 is 28.4 Å². The Balaban J connectivity index is 1.57. The van der Waals surface area contributed by atoms with Gasteiger partial charge in [-0.15, -0.1) is 0 Å². The number of carbonyl (C=O) groups excluding carboxylic acids is 1. The first-order valence-corrected chi connectivity index (χ1v) is 11.5. The second-order valence-electron chi connectivity index (χ2n) is 8.00. The van der Waals surface area contributed by atoms with Gasteiger partial charge < -0.3 is 9.73 Å². The molecular formula is C24H27F3N2O2S. The van der Waals surface area contributed by atoms with Crippen LogP contribution in [0.15, 0.2) is 63.1 Å². The molecular weight excluding hydrogens is 437 g/mol. The van der Waals surface area contributed by atoms with Crippen LogP contribution in [0.5, 0.6) is 0 Å². The van der Waals surface area contributed by atoms with Crippen LogP contribution in [0, 0.1) is 11.8 Å². The third-order valence-electron chi connectivity index (χ3n) is 5.77. The predicted octanol–water partition coefficient (Wildman–Crippen LogP) is 6.63. The van der Waals surface area contributed by atoms with Gasteiger partial charge in [0, 0.05) is 24.5 Å². The monoisotopic (exact) mass is 464 g/mol. The molecule has 0 bridgehead atoms. The number of alkyl halides is 3. The van der Waals surface area contributed by atoms with E-state index in [2.05, 4.69) is 10.3 Å². The van der Waals surface area contributed by atoms with Gasteiger partial charge in [0.2, 0.25) is 5.91 Å². The number of amides is 1. The molecule has 1 N–H and O–H groups in total. The lowest BCUT2D eigenvalue weighted by Crippen LogP contribution is -2.29. The van der Waals surface area contributed by atoms with E-state index in [4.69, 9.17) is 4.42 Å².